The highest BCUT2D eigenvalue weighted by molar-refractivity contribution is 5.91. The number of carbonyl (C=O) groups is 2. The summed E-state index contributed by atoms with van der Waals surface area (Å²) in [6.07, 6.45) is 15.9. The van der Waals surface area contributed by atoms with Gasteiger partial charge in [0.15, 0.2) is 11.6 Å². The standard InChI is InChI=1S/C31H40F2N4O2/c1-3-5-24-25(19-35-28(24)4-2)21-8-10-23(11-9-21)36-30(31(34)39)22-14-16-37(17-15-22)29(38)13-7-20-6-12-26(32)27(33)18-20/h4-7,12-13,18-19,21-23,30,35-36H,3,8-11,14-17H2,1-2H3,(H2,34,39). The molecule has 4 rings (SSSR count). The van der Waals surface area contributed by atoms with Crippen LogP contribution in [0.25, 0.3) is 18.2 Å². The van der Waals surface area contributed by atoms with E-state index in [1.807, 2.05) is 0 Å². The lowest BCUT2D eigenvalue weighted by Crippen LogP contribution is -2.54. The Balaban J connectivity index is 1.29. The van der Waals surface area contributed by atoms with Crippen molar-refractivity contribution >= 4 is 30.0 Å². The fraction of sp³-hybridized carbons (Fsp3) is 0.484. The van der Waals surface area contributed by atoms with E-state index < -0.39 is 17.7 Å². The van der Waals surface area contributed by atoms with E-state index in [0.717, 1.165) is 44.2 Å². The molecule has 2 amide bonds. The summed E-state index contributed by atoms with van der Waals surface area (Å²) in [4.78, 5) is 30.2. The average Bonchev–Trinajstić information content (AvgIpc) is 3.35. The van der Waals surface area contributed by atoms with Gasteiger partial charge in [-0.3, -0.25) is 9.59 Å². The highest BCUT2D eigenvalue weighted by Crippen LogP contribution is 2.32. The number of nitrogens with zero attached hydrogens (tertiary/aromatic N) is 1. The Labute approximate surface area is 229 Å². The van der Waals surface area contributed by atoms with Crippen molar-refractivity contribution in [1.82, 2.24) is 15.2 Å². The lowest BCUT2D eigenvalue weighted by molar-refractivity contribution is -0.128. The molecule has 4 N–H and O–H groups in total. The van der Waals surface area contributed by atoms with Gasteiger partial charge in [0.1, 0.15) is 0 Å². The van der Waals surface area contributed by atoms with Gasteiger partial charge in [-0.2, -0.15) is 0 Å². The number of H-pyrrole nitrogens is 1. The molecule has 8 heteroatoms. The van der Waals surface area contributed by atoms with Crippen molar-refractivity contribution < 1.29 is 18.4 Å². The van der Waals surface area contributed by atoms with Gasteiger partial charge in [-0.05, 0) is 98.3 Å². The largest absolute Gasteiger partial charge is 0.368 e. The summed E-state index contributed by atoms with van der Waals surface area (Å²) in [5.74, 6) is -1.82. The third-order valence-corrected chi connectivity index (χ3v) is 8.25. The van der Waals surface area contributed by atoms with Gasteiger partial charge in [0, 0.05) is 36.8 Å². The number of nitrogens with two attached hydrogens (primary N) is 1. The summed E-state index contributed by atoms with van der Waals surface area (Å²) in [5.41, 5.74) is 7.66. The van der Waals surface area contributed by atoms with Crippen LogP contribution in [0.3, 0.4) is 0 Å². The first kappa shape index (κ1) is 28.7. The molecule has 1 aromatic heterocycles. The van der Waals surface area contributed by atoms with Gasteiger partial charge in [-0.15, -0.1) is 0 Å². The second-order valence-electron chi connectivity index (χ2n) is 10.7. The number of carbonyl (C=O) groups excluding carboxylic acids is 2. The Morgan fingerprint density at radius 3 is 2.46 bits per heavy atom. The number of aromatic amines is 1. The fourth-order valence-corrected chi connectivity index (χ4v) is 6.09. The van der Waals surface area contributed by atoms with Crippen molar-refractivity contribution in [1.29, 1.82) is 0 Å². The number of piperidine rings is 1. The van der Waals surface area contributed by atoms with Crippen LogP contribution in [-0.2, 0) is 9.59 Å². The number of aromatic nitrogens is 1. The van der Waals surface area contributed by atoms with Gasteiger partial charge in [0.25, 0.3) is 0 Å². The molecule has 2 aromatic rings. The second kappa shape index (κ2) is 13.2. The highest BCUT2D eigenvalue weighted by Gasteiger charge is 2.34. The zero-order valence-electron chi connectivity index (χ0n) is 22.9. The Morgan fingerprint density at radius 1 is 1.13 bits per heavy atom. The zero-order valence-corrected chi connectivity index (χ0v) is 22.9. The van der Waals surface area contributed by atoms with E-state index in [0.29, 0.717) is 37.4 Å². The molecule has 1 saturated heterocycles. The molecule has 2 aliphatic rings. The van der Waals surface area contributed by atoms with E-state index in [-0.39, 0.29) is 23.8 Å². The molecule has 210 valence electrons. The highest BCUT2D eigenvalue weighted by atomic mass is 19.2. The Morgan fingerprint density at radius 2 is 1.85 bits per heavy atom. The monoisotopic (exact) mass is 538 g/mol. The molecule has 1 atom stereocenters. The van der Waals surface area contributed by atoms with Crippen LogP contribution >= 0.6 is 0 Å². The number of nitrogens with one attached hydrogen (secondary N) is 2. The molecule has 0 radical (unpaired) electrons. The third kappa shape index (κ3) is 7.04. The number of hydrogen-bond donors (Lipinski definition) is 3. The number of amides is 2. The lowest BCUT2D eigenvalue weighted by Gasteiger charge is -2.38. The fourth-order valence-electron chi connectivity index (χ4n) is 6.09. The third-order valence-electron chi connectivity index (χ3n) is 8.25. The predicted molar refractivity (Wildman–Crippen MR) is 151 cm³/mol. The first-order chi connectivity index (χ1) is 18.8. The maximum atomic E-state index is 13.4. The SMILES string of the molecule is CC=c1[nH]cc(C2CCC(NC(C(N)=O)C3CCN(C(=O)C=Cc4ccc(F)c(F)c4)CC3)CC2)c1=CCC. The van der Waals surface area contributed by atoms with Gasteiger partial charge < -0.3 is 20.9 Å². The van der Waals surface area contributed by atoms with E-state index >= 15 is 0 Å². The molecule has 1 aromatic carbocycles. The molecule has 2 fully saturated rings. The summed E-state index contributed by atoms with van der Waals surface area (Å²) in [6.45, 7) is 5.25. The average molecular weight is 539 g/mol. The summed E-state index contributed by atoms with van der Waals surface area (Å²) in [7, 11) is 0. The summed E-state index contributed by atoms with van der Waals surface area (Å²) in [5, 5.41) is 6.09. The maximum Gasteiger partial charge on any atom is 0.246 e. The first-order valence-corrected chi connectivity index (χ1v) is 14.1. The molecule has 1 saturated carbocycles. The second-order valence-corrected chi connectivity index (χ2v) is 10.7. The molecule has 6 nitrogen and oxygen atoms in total. The van der Waals surface area contributed by atoms with Crippen LogP contribution in [-0.4, -0.2) is 46.9 Å². The molecule has 0 bridgehead atoms. The Kier molecular flexibility index (Phi) is 9.73. The van der Waals surface area contributed by atoms with Crippen LogP contribution in [0.4, 0.5) is 8.78 Å². The number of hydrogen-bond acceptors (Lipinski definition) is 3. The van der Waals surface area contributed by atoms with E-state index in [4.69, 9.17) is 5.73 Å². The molecule has 2 heterocycles. The van der Waals surface area contributed by atoms with Gasteiger partial charge >= 0.3 is 0 Å². The molecule has 1 aliphatic heterocycles. The lowest BCUT2D eigenvalue weighted by atomic mass is 9.80. The predicted octanol–water partition coefficient (Wildman–Crippen LogP) is 3.71. The maximum absolute atomic E-state index is 13.4. The minimum Gasteiger partial charge on any atom is -0.368 e. The van der Waals surface area contributed by atoms with Crippen LogP contribution < -0.4 is 21.6 Å². The van der Waals surface area contributed by atoms with Gasteiger partial charge in [0.2, 0.25) is 11.8 Å². The Hall–Kier alpha value is -3.26. The smallest absolute Gasteiger partial charge is 0.246 e. The normalized spacial score (nSPS) is 22.5. The molecule has 1 aliphatic carbocycles. The van der Waals surface area contributed by atoms with Crippen LogP contribution in [0, 0.1) is 17.6 Å². The topological polar surface area (TPSA) is 91.2 Å². The Bertz CT molecular complexity index is 1300. The van der Waals surface area contributed by atoms with Crippen LogP contribution in [0.1, 0.15) is 75.8 Å². The summed E-state index contributed by atoms with van der Waals surface area (Å²) >= 11 is 0. The van der Waals surface area contributed by atoms with Gasteiger partial charge in [-0.1, -0.05) is 25.1 Å². The van der Waals surface area contributed by atoms with Crippen molar-refractivity contribution in [3.05, 3.63) is 63.8 Å². The van der Waals surface area contributed by atoms with E-state index in [2.05, 4.69) is 42.5 Å². The van der Waals surface area contributed by atoms with Crippen LogP contribution in [0.2, 0.25) is 0 Å². The summed E-state index contributed by atoms with van der Waals surface area (Å²) < 4.78 is 26.5. The van der Waals surface area contributed by atoms with E-state index in [9.17, 15) is 18.4 Å². The molecule has 39 heavy (non-hydrogen) atoms. The molecular formula is C31H40F2N4O2. The van der Waals surface area contributed by atoms with Crippen molar-refractivity contribution in [3.63, 3.8) is 0 Å². The number of primary amides is 1. The van der Waals surface area contributed by atoms with Crippen molar-refractivity contribution in [3.8, 4) is 0 Å². The van der Waals surface area contributed by atoms with Crippen molar-refractivity contribution in [2.75, 3.05) is 13.1 Å². The van der Waals surface area contributed by atoms with Crippen LogP contribution in [0.5, 0.6) is 0 Å². The van der Waals surface area contributed by atoms with Gasteiger partial charge in [-0.25, -0.2) is 8.78 Å². The van der Waals surface area contributed by atoms with Crippen molar-refractivity contribution in [2.45, 2.75) is 76.8 Å². The number of rotatable bonds is 8. The molecule has 1 unspecified atom stereocenters. The summed E-state index contributed by atoms with van der Waals surface area (Å²) in [6, 6.07) is 3.35. The minimum atomic E-state index is -0.947. The zero-order chi connectivity index (χ0) is 27.9. The van der Waals surface area contributed by atoms with Crippen molar-refractivity contribution in [2.24, 2.45) is 11.7 Å². The minimum absolute atomic E-state index is 0.0672. The van der Waals surface area contributed by atoms with E-state index in [1.54, 1.807) is 4.90 Å². The van der Waals surface area contributed by atoms with E-state index in [1.165, 1.54) is 34.3 Å². The number of likely N-dealkylation sites (tertiary alicyclic amines) is 1. The number of benzene rings is 1. The number of halogens is 2. The van der Waals surface area contributed by atoms with Crippen LogP contribution in [0.15, 0.2) is 30.5 Å². The molecule has 0 spiro atoms. The van der Waals surface area contributed by atoms with Gasteiger partial charge in [0.05, 0.1) is 6.04 Å². The molecular weight excluding hydrogens is 498 g/mol. The first-order valence-electron chi connectivity index (χ1n) is 14.1. The quantitative estimate of drug-likeness (QED) is 0.448.